The zero-order chi connectivity index (χ0) is 34.7. The highest BCUT2D eigenvalue weighted by Crippen LogP contribution is 2.41. The third-order valence-electron chi connectivity index (χ3n) is 10.2. The first-order valence-electron chi connectivity index (χ1n) is 18.0. The highest BCUT2D eigenvalue weighted by atomic mass is 15.1. The van der Waals surface area contributed by atoms with Gasteiger partial charge in [-0.1, -0.05) is 182 Å². The van der Waals surface area contributed by atoms with Gasteiger partial charge in [0.15, 0.2) is 0 Å². The van der Waals surface area contributed by atoms with Crippen molar-refractivity contribution in [3.05, 3.63) is 218 Å². The lowest BCUT2D eigenvalue weighted by atomic mass is 9.91. The predicted molar refractivity (Wildman–Crippen MR) is 222 cm³/mol. The molecule has 0 aromatic heterocycles. The molecule has 0 fully saturated rings. The summed E-state index contributed by atoms with van der Waals surface area (Å²) in [6, 6.07) is 76.9. The van der Waals surface area contributed by atoms with Crippen LogP contribution in [-0.4, -0.2) is 0 Å². The quantitative estimate of drug-likeness (QED) is 0.146. The lowest BCUT2D eigenvalue weighted by Crippen LogP contribution is -2.17. The molecule has 9 aromatic carbocycles. The second kappa shape index (κ2) is 13.9. The molecule has 246 valence electrons. The monoisotopic (exact) mass is 663 g/mol. The van der Waals surface area contributed by atoms with Gasteiger partial charge in [-0.05, 0) is 102 Å². The summed E-state index contributed by atoms with van der Waals surface area (Å²) in [4.78, 5) is 2.48. The van der Waals surface area contributed by atoms with Crippen LogP contribution in [-0.2, 0) is 6.54 Å². The number of anilines is 2. The summed E-state index contributed by atoms with van der Waals surface area (Å²) in [5, 5.41) is 5.09. The van der Waals surface area contributed by atoms with Crippen molar-refractivity contribution < 1.29 is 0 Å². The first-order valence-corrected chi connectivity index (χ1v) is 18.0. The molecule has 9 rings (SSSR count). The van der Waals surface area contributed by atoms with E-state index in [0.29, 0.717) is 6.54 Å². The minimum atomic E-state index is 0.704. The van der Waals surface area contributed by atoms with Gasteiger partial charge in [-0.3, -0.25) is 0 Å². The zero-order valence-electron chi connectivity index (χ0n) is 28.9. The van der Waals surface area contributed by atoms with Crippen molar-refractivity contribution in [1.29, 1.82) is 0 Å². The fourth-order valence-corrected chi connectivity index (χ4v) is 7.62. The largest absolute Gasteiger partial charge is 0.337 e. The SMILES string of the molecule is c1ccc(-c2ccc(N(Cc3cccc4cc(-c5ccccc5)c5ccccc5c34)c3ccc(-c4ccccc4)c(-c4ccccc4)c3)cc2)cc1. The Kier molecular flexibility index (Phi) is 8.37. The van der Waals surface area contributed by atoms with Crippen molar-refractivity contribution in [2.45, 2.75) is 6.54 Å². The van der Waals surface area contributed by atoms with Crippen LogP contribution in [0.15, 0.2) is 212 Å². The summed E-state index contributed by atoms with van der Waals surface area (Å²) in [6.45, 7) is 0.704. The Morgan fingerprint density at radius 2 is 0.808 bits per heavy atom. The van der Waals surface area contributed by atoms with Crippen LogP contribution in [0, 0.1) is 0 Å². The Bertz CT molecular complexity index is 2610. The molecule has 0 amide bonds. The average molecular weight is 664 g/mol. The Labute approximate surface area is 305 Å². The molecule has 0 unspecified atom stereocenters. The van der Waals surface area contributed by atoms with Crippen molar-refractivity contribution in [3.8, 4) is 44.5 Å². The molecule has 0 radical (unpaired) electrons. The molecular weight excluding hydrogens is 627 g/mol. The lowest BCUT2D eigenvalue weighted by molar-refractivity contribution is 0.986. The molecule has 0 heterocycles. The summed E-state index contributed by atoms with van der Waals surface area (Å²) < 4.78 is 0. The van der Waals surface area contributed by atoms with E-state index in [9.17, 15) is 0 Å². The van der Waals surface area contributed by atoms with E-state index >= 15 is 0 Å². The van der Waals surface area contributed by atoms with Crippen molar-refractivity contribution in [2.75, 3.05) is 4.90 Å². The van der Waals surface area contributed by atoms with Gasteiger partial charge >= 0.3 is 0 Å². The maximum absolute atomic E-state index is 2.48. The number of fused-ring (bicyclic) bond motifs is 3. The molecule has 9 aromatic rings. The van der Waals surface area contributed by atoms with Crippen molar-refractivity contribution in [1.82, 2.24) is 0 Å². The van der Waals surface area contributed by atoms with E-state index in [0.717, 1.165) is 11.4 Å². The molecular formula is C51H37N. The fraction of sp³-hybridized carbons (Fsp3) is 0.0196. The van der Waals surface area contributed by atoms with E-state index < -0.39 is 0 Å². The molecule has 1 nitrogen and oxygen atoms in total. The third kappa shape index (κ3) is 6.04. The Hall–Kier alpha value is -6.70. The minimum absolute atomic E-state index is 0.704. The number of benzene rings is 9. The van der Waals surface area contributed by atoms with Gasteiger partial charge < -0.3 is 4.90 Å². The maximum atomic E-state index is 2.48. The van der Waals surface area contributed by atoms with Gasteiger partial charge in [-0.15, -0.1) is 0 Å². The Balaban J connectivity index is 1.23. The molecule has 0 saturated carbocycles. The molecule has 0 N–H and O–H groups in total. The molecule has 0 aliphatic heterocycles. The maximum Gasteiger partial charge on any atom is 0.0488 e. The van der Waals surface area contributed by atoms with Crippen LogP contribution in [0.1, 0.15) is 5.56 Å². The van der Waals surface area contributed by atoms with Gasteiger partial charge in [0.2, 0.25) is 0 Å². The second-order valence-electron chi connectivity index (χ2n) is 13.3. The summed E-state index contributed by atoms with van der Waals surface area (Å²) in [5.74, 6) is 0. The first kappa shape index (κ1) is 31.3. The van der Waals surface area contributed by atoms with Gasteiger partial charge in [-0.2, -0.15) is 0 Å². The molecule has 0 spiro atoms. The minimum Gasteiger partial charge on any atom is -0.337 e. The van der Waals surface area contributed by atoms with E-state index in [1.54, 1.807) is 0 Å². The first-order chi connectivity index (χ1) is 25.8. The van der Waals surface area contributed by atoms with Gasteiger partial charge in [0.05, 0.1) is 0 Å². The molecule has 0 aliphatic rings. The van der Waals surface area contributed by atoms with E-state index in [4.69, 9.17) is 0 Å². The number of hydrogen-bond acceptors (Lipinski definition) is 1. The van der Waals surface area contributed by atoms with Crippen LogP contribution in [0.2, 0.25) is 0 Å². The molecule has 0 atom stereocenters. The van der Waals surface area contributed by atoms with Crippen LogP contribution in [0.4, 0.5) is 11.4 Å². The Morgan fingerprint density at radius 3 is 1.44 bits per heavy atom. The molecule has 0 saturated heterocycles. The predicted octanol–water partition coefficient (Wildman–Crippen LogP) is 14.0. The van der Waals surface area contributed by atoms with Gasteiger partial charge in [0.25, 0.3) is 0 Å². The molecule has 1 heteroatoms. The van der Waals surface area contributed by atoms with Crippen LogP contribution in [0.5, 0.6) is 0 Å². The topological polar surface area (TPSA) is 3.24 Å². The fourth-order valence-electron chi connectivity index (χ4n) is 7.62. The summed E-state index contributed by atoms with van der Waals surface area (Å²) in [6.07, 6.45) is 0. The summed E-state index contributed by atoms with van der Waals surface area (Å²) >= 11 is 0. The van der Waals surface area contributed by atoms with E-state index in [2.05, 4.69) is 217 Å². The van der Waals surface area contributed by atoms with Crippen molar-refractivity contribution in [2.24, 2.45) is 0 Å². The van der Waals surface area contributed by atoms with Crippen LogP contribution >= 0.6 is 0 Å². The molecule has 0 aliphatic carbocycles. The van der Waals surface area contributed by atoms with Crippen LogP contribution < -0.4 is 4.90 Å². The van der Waals surface area contributed by atoms with Gasteiger partial charge in [0, 0.05) is 17.9 Å². The normalized spacial score (nSPS) is 11.2. The third-order valence-corrected chi connectivity index (χ3v) is 10.2. The van der Waals surface area contributed by atoms with Gasteiger partial charge in [0.1, 0.15) is 0 Å². The van der Waals surface area contributed by atoms with Crippen LogP contribution in [0.25, 0.3) is 66.1 Å². The highest BCUT2D eigenvalue weighted by molar-refractivity contribution is 6.15. The Morgan fingerprint density at radius 1 is 0.308 bits per heavy atom. The second-order valence-corrected chi connectivity index (χ2v) is 13.3. The molecule has 0 bridgehead atoms. The van der Waals surface area contributed by atoms with Gasteiger partial charge in [-0.25, -0.2) is 0 Å². The number of nitrogens with zero attached hydrogens (tertiary/aromatic N) is 1. The number of hydrogen-bond donors (Lipinski definition) is 0. The van der Waals surface area contributed by atoms with Crippen LogP contribution in [0.3, 0.4) is 0 Å². The highest BCUT2D eigenvalue weighted by Gasteiger charge is 2.18. The van der Waals surface area contributed by atoms with Crippen molar-refractivity contribution >= 4 is 32.9 Å². The van der Waals surface area contributed by atoms with E-state index in [1.807, 2.05) is 0 Å². The van der Waals surface area contributed by atoms with Crippen molar-refractivity contribution in [3.63, 3.8) is 0 Å². The average Bonchev–Trinajstić information content (AvgIpc) is 3.23. The zero-order valence-corrected chi connectivity index (χ0v) is 28.9. The summed E-state index contributed by atoms with van der Waals surface area (Å²) in [5.41, 5.74) is 13.3. The number of rotatable bonds is 8. The molecule has 52 heavy (non-hydrogen) atoms. The van der Waals surface area contributed by atoms with E-state index in [-0.39, 0.29) is 0 Å². The summed E-state index contributed by atoms with van der Waals surface area (Å²) in [7, 11) is 0. The lowest BCUT2D eigenvalue weighted by Gasteiger charge is -2.28. The van der Waals surface area contributed by atoms with E-state index in [1.165, 1.54) is 71.6 Å². The standard InChI is InChI=1S/C51H37N/c1-5-16-37(17-6-1)38-28-30-44(31-29-38)52(45-32-33-46(39-18-7-2-8-19-39)50(35-45)41-22-11-4-12-23-41)36-43-25-15-24-42-34-49(40-20-9-3-10-21-40)47-26-13-14-27-48(47)51(42)43/h1-35H,36H2. The smallest absolute Gasteiger partial charge is 0.0488 e.